The Morgan fingerprint density at radius 3 is 2.87 bits per heavy atom. The molecule has 15 heavy (non-hydrogen) atoms. The largest absolute Gasteiger partial charge is 0.397 e. The van der Waals surface area contributed by atoms with Crippen LogP contribution in [0.25, 0.3) is 0 Å². The summed E-state index contributed by atoms with van der Waals surface area (Å²) in [6.45, 7) is 5.92. The van der Waals surface area contributed by atoms with E-state index < -0.39 is 0 Å². The average molecular weight is 206 g/mol. The summed E-state index contributed by atoms with van der Waals surface area (Å²) in [4.78, 5) is 4.38. The van der Waals surface area contributed by atoms with Crippen LogP contribution in [0, 0.1) is 0 Å². The lowest BCUT2D eigenvalue weighted by Gasteiger charge is -2.28. The van der Waals surface area contributed by atoms with E-state index in [-0.39, 0.29) is 0 Å². The Bertz CT molecular complexity index is 324. The molecule has 0 aromatic carbocycles. The van der Waals surface area contributed by atoms with Crippen LogP contribution in [-0.4, -0.2) is 18.2 Å². The molecule has 0 spiro atoms. The molecule has 0 bridgehead atoms. The van der Waals surface area contributed by atoms with Crippen LogP contribution >= 0.6 is 0 Å². The fraction of sp³-hybridized carbons (Fsp3) is 0.583. The first-order valence-corrected chi connectivity index (χ1v) is 5.56. The highest BCUT2D eigenvalue weighted by Crippen LogP contribution is 2.32. The van der Waals surface area contributed by atoms with E-state index in [9.17, 15) is 0 Å². The minimum atomic E-state index is 0.436. The molecule has 1 saturated heterocycles. The number of rotatable bonds is 3. The van der Waals surface area contributed by atoms with Gasteiger partial charge in [-0.2, -0.15) is 0 Å². The predicted molar refractivity (Wildman–Crippen MR) is 60.9 cm³/mol. The Labute approximate surface area is 90.7 Å². The number of hydrogen-bond donors (Lipinski definition) is 1. The fourth-order valence-corrected chi connectivity index (χ4v) is 1.86. The molecule has 2 rings (SSSR count). The van der Waals surface area contributed by atoms with Gasteiger partial charge in [0.15, 0.2) is 0 Å². The minimum Gasteiger partial charge on any atom is -0.397 e. The summed E-state index contributed by atoms with van der Waals surface area (Å²) >= 11 is 0. The summed E-state index contributed by atoms with van der Waals surface area (Å²) in [5, 5.41) is 0. The van der Waals surface area contributed by atoms with Gasteiger partial charge in [0, 0.05) is 18.0 Å². The number of nitrogen functional groups attached to an aromatic ring is 1. The molecule has 3 nitrogen and oxygen atoms in total. The van der Waals surface area contributed by atoms with E-state index in [1.54, 1.807) is 0 Å². The van der Waals surface area contributed by atoms with Gasteiger partial charge in [-0.3, -0.25) is 4.98 Å². The van der Waals surface area contributed by atoms with Crippen molar-refractivity contribution in [3.63, 3.8) is 0 Å². The van der Waals surface area contributed by atoms with Crippen molar-refractivity contribution in [2.75, 3.05) is 18.9 Å². The monoisotopic (exact) mass is 206 g/mol. The molecule has 1 aromatic rings. The Hall–Kier alpha value is -1.09. The molecule has 1 aliphatic heterocycles. The van der Waals surface area contributed by atoms with E-state index in [1.807, 2.05) is 12.3 Å². The minimum absolute atomic E-state index is 0.436. The summed E-state index contributed by atoms with van der Waals surface area (Å²) < 4.78 is 5.19. The molecule has 1 unspecified atom stereocenters. The second-order valence-electron chi connectivity index (χ2n) is 4.24. The molecule has 82 valence electrons. The Morgan fingerprint density at radius 2 is 2.33 bits per heavy atom. The van der Waals surface area contributed by atoms with Crippen molar-refractivity contribution in [3.05, 3.63) is 23.5 Å². The van der Waals surface area contributed by atoms with Gasteiger partial charge in [-0.15, -0.1) is 0 Å². The van der Waals surface area contributed by atoms with Crippen LogP contribution < -0.4 is 5.73 Å². The molecule has 0 saturated carbocycles. The first-order chi connectivity index (χ1) is 7.24. The topological polar surface area (TPSA) is 48.1 Å². The maximum Gasteiger partial charge on any atom is 0.0663 e. The van der Waals surface area contributed by atoms with E-state index in [0.29, 0.717) is 11.8 Å². The highest BCUT2D eigenvalue weighted by molar-refractivity contribution is 5.53. The molecule has 2 N–H and O–H groups in total. The molecule has 1 atom stereocenters. The number of aromatic nitrogens is 1. The number of nitrogens with zero attached hydrogens (tertiary/aromatic N) is 1. The van der Waals surface area contributed by atoms with Gasteiger partial charge in [0.25, 0.3) is 0 Å². The van der Waals surface area contributed by atoms with E-state index in [2.05, 4.69) is 18.8 Å². The summed E-state index contributed by atoms with van der Waals surface area (Å²) in [5.74, 6) is 0.918. The summed E-state index contributed by atoms with van der Waals surface area (Å²) in [6.07, 6.45) is 2.94. The highest BCUT2D eigenvalue weighted by Gasteiger charge is 2.24. The molecular weight excluding hydrogens is 188 g/mol. The summed E-state index contributed by atoms with van der Waals surface area (Å²) in [6, 6.07) is 2.02. The molecule has 2 heterocycles. The normalized spacial score (nSPS) is 18.5. The lowest BCUT2D eigenvalue weighted by Crippen LogP contribution is -2.26. The maximum atomic E-state index is 6.15. The highest BCUT2D eigenvalue weighted by atomic mass is 16.5. The summed E-state index contributed by atoms with van der Waals surface area (Å²) in [5.41, 5.74) is 9.29. The second kappa shape index (κ2) is 4.19. The Kier molecular flexibility index (Phi) is 2.91. The number of anilines is 1. The molecule has 1 aliphatic rings. The zero-order chi connectivity index (χ0) is 10.8. The van der Waals surface area contributed by atoms with Crippen LogP contribution in [0.3, 0.4) is 0 Å². The number of ether oxygens (including phenoxy) is 1. The predicted octanol–water partition coefficient (Wildman–Crippen LogP) is 2.29. The lowest BCUT2D eigenvalue weighted by molar-refractivity contribution is 0.00865. The quantitative estimate of drug-likeness (QED) is 0.825. The zero-order valence-corrected chi connectivity index (χ0v) is 9.36. The molecule has 1 aromatic heterocycles. The molecular formula is C12H18N2O. The Balaban J connectivity index is 2.32. The van der Waals surface area contributed by atoms with Crippen LogP contribution in [-0.2, 0) is 4.74 Å². The third-order valence-corrected chi connectivity index (χ3v) is 3.21. The third kappa shape index (κ3) is 1.84. The molecule has 1 fully saturated rings. The van der Waals surface area contributed by atoms with Crippen LogP contribution in [0.5, 0.6) is 0 Å². The Morgan fingerprint density at radius 1 is 1.60 bits per heavy atom. The molecule has 3 heteroatoms. The van der Waals surface area contributed by atoms with Crippen molar-refractivity contribution >= 4 is 5.69 Å². The average Bonchev–Trinajstić information content (AvgIpc) is 2.17. The third-order valence-electron chi connectivity index (χ3n) is 3.21. The van der Waals surface area contributed by atoms with Crippen molar-refractivity contribution in [3.8, 4) is 0 Å². The van der Waals surface area contributed by atoms with Crippen molar-refractivity contribution in [2.24, 2.45) is 0 Å². The van der Waals surface area contributed by atoms with Gasteiger partial charge in [-0.25, -0.2) is 0 Å². The fourth-order valence-electron chi connectivity index (χ4n) is 1.86. The van der Waals surface area contributed by atoms with E-state index >= 15 is 0 Å². The first-order valence-electron chi connectivity index (χ1n) is 5.56. The van der Waals surface area contributed by atoms with Crippen LogP contribution in [0.2, 0.25) is 0 Å². The van der Waals surface area contributed by atoms with Gasteiger partial charge in [0.2, 0.25) is 0 Å². The van der Waals surface area contributed by atoms with Gasteiger partial charge < -0.3 is 10.5 Å². The van der Waals surface area contributed by atoms with Gasteiger partial charge >= 0.3 is 0 Å². The summed E-state index contributed by atoms with van der Waals surface area (Å²) in [7, 11) is 0. The van der Waals surface area contributed by atoms with Gasteiger partial charge in [0.05, 0.1) is 24.6 Å². The zero-order valence-electron chi connectivity index (χ0n) is 9.36. The maximum absolute atomic E-state index is 6.15. The van der Waals surface area contributed by atoms with Crippen LogP contribution in [0.15, 0.2) is 12.3 Å². The van der Waals surface area contributed by atoms with Crippen molar-refractivity contribution < 1.29 is 4.74 Å². The van der Waals surface area contributed by atoms with Gasteiger partial charge in [-0.05, 0) is 18.1 Å². The van der Waals surface area contributed by atoms with Crippen molar-refractivity contribution in [1.82, 2.24) is 4.98 Å². The molecule has 0 amide bonds. The number of hydrogen-bond acceptors (Lipinski definition) is 3. The first kappa shape index (κ1) is 10.4. The lowest BCUT2D eigenvalue weighted by atomic mass is 9.92. The van der Waals surface area contributed by atoms with Crippen LogP contribution in [0.4, 0.5) is 5.69 Å². The van der Waals surface area contributed by atoms with Crippen molar-refractivity contribution in [2.45, 2.75) is 32.1 Å². The molecule has 0 aliphatic carbocycles. The second-order valence-corrected chi connectivity index (χ2v) is 4.24. The van der Waals surface area contributed by atoms with E-state index in [0.717, 1.165) is 31.0 Å². The smallest absolute Gasteiger partial charge is 0.0663 e. The van der Waals surface area contributed by atoms with Crippen molar-refractivity contribution in [1.29, 1.82) is 0 Å². The molecule has 0 radical (unpaired) electrons. The number of pyridine rings is 1. The number of nitrogens with two attached hydrogens (primary N) is 1. The van der Waals surface area contributed by atoms with E-state index in [1.165, 1.54) is 5.56 Å². The van der Waals surface area contributed by atoms with E-state index in [4.69, 9.17) is 10.5 Å². The van der Waals surface area contributed by atoms with Gasteiger partial charge in [-0.1, -0.05) is 13.8 Å². The van der Waals surface area contributed by atoms with Gasteiger partial charge in [0.1, 0.15) is 0 Å². The van der Waals surface area contributed by atoms with Crippen LogP contribution in [0.1, 0.15) is 43.4 Å². The SMILES string of the molecule is CCC(C)c1nccc(C2COC2)c1N. The standard InChI is InChI=1S/C12H18N2O/c1-3-8(2)12-11(13)10(4-5-14-12)9-6-15-7-9/h4-5,8-9H,3,6-7,13H2,1-2H3.